The largest absolute Gasteiger partial charge is 0.357 e. The minimum atomic E-state index is -0.433. The van der Waals surface area contributed by atoms with Crippen LogP contribution in [0.5, 0.6) is 0 Å². The third-order valence-corrected chi connectivity index (χ3v) is 4.45. The van der Waals surface area contributed by atoms with E-state index in [4.69, 9.17) is 0 Å². The first-order valence-electron chi connectivity index (χ1n) is 5.62. The van der Waals surface area contributed by atoms with Gasteiger partial charge in [0.1, 0.15) is 6.04 Å². The molecule has 0 aromatic carbocycles. The lowest BCUT2D eigenvalue weighted by Crippen LogP contribution is -2.59. The molecule has 0 radical (unpaired) electrons. The Morgan fingerprint density at radius 2 is 2.33 bits per heavy atom. The number of piperazine rings is 1. The van der Waals surface area contributed by atoms with E-state index in [1.807, 2.05) is 6.07 Å². The van der Waals surface area contributed by atoms with Crippen molar-refractivity contribution < 1.29 is 9.59 Å². The molecule has 1 aromatic rings. The predicted octanol–water partition coefficient (Wildman–Crippen LogP) is 0.671. The molecule has 2 N–H and O–H groups in total. The Bertz CT molecular complexity index is 463. The summed E-state index contributed by atoms with van der Waals surface area (Å²) >= 11 is 4.72. The average molecular weight is 332 g/mol. The van der Waals surface area contributed by atoms with Gasteiger partial charge in [0.15, 0.2) is 0 Å². The highest BCUT2D eigenvalue weighted by Crippen LogP contribution is 2.24. The van der Waals surface area contributed by atoms with Crippen LogP contribution in [-0.4, -0.2) is 49.4 Å². The van der Waals surface area contributed by atoms with E-state index >= 15 is 0 Å². The first kappa shape index (κ1) is 13.5. The number of halogens is 1. The molecular weight excluding hydrogens is 318 g/mol. The van der Waals surface area contributed by atoms with Gasteiger partial charge in [0.05, 0.1) is 8.66 Å². The van der Waals surface area contributed by atoms with Crippen LogP contribution in [-0.2, 0) is 4.79 Å². The molecule has 2 heterocycles. The van der Waals surface area contributed by atoms with Crippen molar-refractivity contribution in [1.29, 1.82) is 0 Å². The molecule has 5 nitrogen and oxygen atoms in total. The summed E-state index contributed by atoms with van der Waals surface area (Å²) in [4.78, 5) is 26.4. The van der Waals surface area contributed by atoms with Crippen molar-refractivity contribution in [2.45, 2.75) is 6.04 Å². The van der Waals surface area contributed by atoms with E-state index in [-0.39, 0.29) is 11.8 Å². The average Bonchev–Trinajstić information content (AvgIpc) is 2.83. The fourth-order valence-corrected chi connectivity index (χ4v) is 3.26. The summed E-state index contributed by atoms with van der Waals surface area (Å²) in [7, 11) is 1.58. The number of carbonyl (C=O) groups excluding carboxylic acids is 2. The van der Waals surface area contributed by atoms with Gasteiger partial charge in [0, 0.05) is 26.7 Å². The molecule has 2 amide bonds. The van der Waals surface area contributed by atoms with Gasteiger partial charge in [0.2, 0.25) is 5.91 Å². The van der Waals surface area contributed by atoms with Crippen molar-refractivity contribution in [2.24, 2.45) is 0 Å². The maximum absolute atomic E-state index is 12.4. The van der Waals surface area contributed by atoms with Crippen molar-refractivity contribution in [3.63, 3.8) is 0 Å². The fraction of sp³-hybridized carbons (Fsp3) is 0.455. The summed E-state index contributed by atoms with van der Waals surface area (Å²) in [5, 5.41) is 5.73. The van der Waals surface area contributed by atoms with Gasteiger partial charge in [-0.25, -0.2) is 0 Å². The highest BCUT2D eigenvalue weighted by atomic mass is 79.9. The summed E-state index contributed by atoms with van der Waals surface area (Å²) in [5.41, 5.74) is 0. The fourth-order valence-electron chi connectivity index (χ4n) is 1.92. The molecule has 0 saturated carbocycles. The molecule has 98 valence electrons. The van der Waals surface area contributed by atoms with Crippen LogP contribution in [0.15, 0.2) is 15.9 Å². The molecule has 1 fully saturated rings. The zero-order valence-corrected chi connectivity index (χ0v) is 12.3. The number of nitrogens with zero attached hydrogens (tertiary/aromatic N) is 1. The van der Waals surface area contributed by atoms with Crippen LogP contribution < -0.4 is 10.6 Å². The van der Waals surface area contributed by atoms with Gasteiger partial charge in [-0.3, -0.25) is 9.59 Å². The van der Waals surface area contributed by atoms with Crippen LogP contribution in [0.1, 0.15) is 9.67 Å². The normalized spacial score (nSPS) is 19.7. The van der Waals surface area contributed by atoms with Gasteiger partial charge >= 0.3 is 0 Å². The quantitative estimate of drug-likeness (QED) is 0.837. The van der Waals surface area contributed by atoms with Crippen LogP contribution in [0.4, 0.5) is 0 Å². The van der Waals surface area contributed by atoms with Gasteiger partial charge in [0.25, 0.3) is 5.91 Å². The topological polar surface area (TPSA) is 61.4 Å². The molecule has 0 bridgehead atoms. The summed E-state index contributed by atoms with van der Waals surface area (Å²) in [6.45, 7) is 1.76. The zero-order chi connectivity index (χ0) is 13.1. The molecule has 1 atom stereocenters. The number of hydrogen-bond acceptors (Lipinski definition) is 4. The predicted molar refractivity (Wildman–Crippen MR) is 73.8 cm³/mol. The molecule has 7 heteroatoms. The minimum Gasteiger partial charge on any atom is -0.357 e. The Morgan fingerprint density at radius 3 is 2.94 bits per heavy atom. The standard InChI is InChI=1S/C11H14BrN3O2S/c1-13-10(16)7-6-14-4-5-15(7)11(17)8-2-3-9(12)18-8/h2-3,7,14H,4-6H2,1H3,(H,13,16). The number of likely N-dealkylation sites (N-methyl/N-ethyl adjacent to an activating group) is 1. The van der Waals surface area contributed by atoms with E-state index < -0.39 is 6.04 Å². The second-order valence-electron chi connectivity index (χ2n) is 3.94. The number of amides is 2. The Hall–Kier alpha value is -0.920. The summed E-state index contributed by atoms with van der Waals surface area (Å²) in [6.07, 6.45) is 0. The lowest BCUT2D eigenvalue weighted by molar-refractivity contribution is -0.125. The first-order valence-corrected chi connectivity index (χ1v) is 7.23. The molecule has 1 saturated heterocycles. The number of nitrogens with one attached hydrogen (secondary N) is 2. The first-order chi connectivity index (χ1) is 8.63. The summed E-state index contributed by atoms with van der Waals surface area (Å²) in [6, 6.07) is 3.19. The molecule has 0 aliphatic carbocycles. The van der Waals surface area contributed by atoms with Crippen LogP contribution in [0.3, 0.4) is 0 Å². The highest BCUT2D eigenvalue weighted by molar-refractivity contribution is 9.11. The van der Waals surface area contributed by atoms with Crippen LogP contribution in [0, 0.1) is 0 Å². The lowest BCUT2D eigenvalue weighted by atomic mass is 10.1. The van der Waals surface area contributed by atoms with E-state index in [2.05, 4.69) is 26.6 Å². The van der Waals surface area contributed by atoms with Gasteiger partial charge in [-0.05, 0) is 28.1 Å². The second-order valence-corrected chi connectivity index (χ2v) is 6.40. The van der Waals surface area contributed by atoms with E-state index in [9.17, 15) is 9.59 Å². The van der Waals surface area contributed by atoms with Crippen molar-refractivity contribution in [3.8, 4) is 0 Å². The number of rotatable bonds is 2. The number of carbonyl (C=O) groups is 2. The second kappa shape index (κ2) is 5.81. The van der Waals surface area contributed by atoms with Crippen molar-refractivity contribution >= 4 is 39.1 Å². The number of hydrogen-bond donors (Lipinski definition) is 2. The van der Waals surface area contributed by atoms with E-state index in [0.29, 0.717) is 24.5 Å². The van der Waals surface area contributed by atoms with Gasteiger partial charge in [-0.2, -0.15) is 0 Å². The maximum atomic E-state index is 12.4. The molecule has 0 spiro atoms. The molecule has 18 heavy (non-hydrogen) atoms. The van der Waals surface area contributed by atoms with Gasteiger partial charge in [-0.1, -0.05) is 0 Å². The van der Waals surface area contributed by atoms with Crippen molar-refractivity contribution in [2.75, 3.05) is 26.7 Å². The van der Waals surface area contributed by atoms with E-state index in [1.54, 1.807) is 18.0 Å². The molecular formula is C11H14BrN3O2S. The molecule has 1 unspecified atom stereocenters. The lowest BCUT2D eigenvalue weighted by Gasteiger charge is -2.34. The van der Waals surface area contributed by atoms with Crippen molar-refractivity contribution in [3.05, 3.63) is 20.8 Å². The van der Waals surface area contributed by atoms with Gasteiger partial charge in [-0.15, -0.1) is 11.3 Å². The maximum Gasteiger partial charge on any atom is 0.264 e. The van der Waals surface area contributed by atoms with Crippen molar-refractivity contribution in [1.82, 2.24) is 15.5 Å². The smallest absolute Gasteiger partial charge is 0.264 e. The van der Waals surface area contributed by atoms with Crippen LogP contribution >= 0.6 is 27.3 Å². The highest BCUT2D eigenvalue weighted by Gasteiger charge is 2.32. The monoisotopic (exact) mass is 331 g/mol. The third-order valence-electron chi connectivity index (χ3n) is 2.84. The molecule has 1 aliphatic heterocycles. The zero-order valence-electron chi connectivity index (χ0n) is 9.90. The molecule has 1 aliphatic rings. The van der Waals surface area contributed by atoms with Crippen LogP contribution in [0.25, 0.3) is 0 Å². The van der Waals surface area contributed by atoms with E-state index in [1.165, 1.54) is 11.3 Å². The number of thiophene rings is 1. The van der Waals surface area contributed by atoms with Gasteiger partial charge < -0.3 is 15.5 Å². The Balaban J connectivity index is 2.18. The SMILES string of the molecule is CNC(=O)C1CNCCN1C(=O)c1ccc(Br)s1. The van der Waals surface area contributed by atoms with E-state index in [0.717, 1.165) is 3.79 Å². The summed E-state index contributed by atoms with van der Waals surface area (Å²) in [5.74, 6) is -0.216. The Morgan fingerprint density at radius 1 is 1.56 bits per heavy atom. The Kier molecular flexibility index (Phi) is 4.36. The summed E-state index contributed by atoms with van der Waals surface area (Å²) < 4.78 is 0.914. The molecule has 1 aromatic heterocycles. The molecule has 2 rings (SSSR count). The Labute approximate surface area is 118 Å². The third kappa shape index (κ3) is 2.73. The van der Waals surface area contributed by atoms with Crippen LogP contribution in [0.2, 0.25) is 0 Å². The minimum absolute atomic E-state index is 0.0826.